The highest BCUT2D eigenvalue weighted by atomic mass is 32.1. The molecule has 0 saturated carbocycles. The van der Waals surface area contributed by atoms with Crippen LogP contribution in [0.15, 0.2) is 30.3 Å². The molecule has 1 heterocycles. The minimum Gasteiger partial charge on any atom is -0.481 e. The van der Waals surface area contributed by atoms with E-state index < -0.39 is 11.4 Å². The van der Waals surface area contributed by atoms with E-state index in [4.69, 9.17) is 5.11 Å². The van der Waals surface area contributed by atoms with Gasteiger partial charge in [0.1, 0.15) is 5.01 Å². The van der Waals surface area contributed by atoms with E-state index in [1.54, 1.807) is 25.2 Å². The number of amides is 1. The van der Waals surface area contributed by atoms with E-state index in [1.165, 1.54) is 0 Å². The largest absolute Gasteiger partial charge is 0.481 e. The molecule has 0 spiro atoms. The summed E-state index contributed by atoms with van der Waals surface area (Å²) in [5, 5.41) is 12.9. The predicted octanol–water partition coefficient (Wildman–Crippen LogP) is 3.80. The number of carboxylic acids is 1. The number of thiazole rings is 1. The summed E-state index contributed by atoms with van der Waals surface area (Å²) in [6, 6.07) is 9.67. The maximum atomic E-state index is 12.1. The Kier molecular flexibility index (Phi) is 5.39. The van der Waals surface area contributed by atoms with Crippen LogP contribution in [0, 0.1) is 12.3 Å². The van der Waals surface area contributed by atoms with Crippen molar-refractivity contribution in [3.05, 3.63) is 40.9 Å². The molecule has 24 heavy (non-hydrogen) atoms. The number of nitrogens with one attached hydrogen (secondary N) is 1. The standard InChI is InChI=1S/C18H22N2O3S/c1-11(19-14(21)10-18(3,4)17(22)23)15-12(2)20-16(24-15)13-8-6-5-7-9-13/h5-9,11H,10H2,1-4H3,(H,19,21)(H,22,23). The molecular formula is C18H22N2O3S. The third-order valence-corrected chi connectivity index (χ3v) is 5.19. The van der Waals surface area contributed by atoms with Gasteiger partial charge < -0.3 is 10.4 Å². The molecule has 1 atom stereocenters. The zero-order valence-corrected chi connectivity index (χ0v) is 15.1. The molecule has 0 aliphatic rings. The van der Waals surface area contributed by atoms with E-state index in [0.717, 1.165) is 21.1 Å². The Bertz CT molecular complexity index is 738. The van der Waals surface area contributed by atoms with Crippen molar-refractivity contribution in [1.29, 1.82) is 0 Å². The molecule has 0 saturated heterocycles. The Morgan fingerprint density at radius 3 is 2.50 bits per heavy atom. The van der Waals surface area contributed by atoms with Gasteiger partial charge in [0.15, 0.2) is 0 Å². The lowest BCUT2D eigenvalue weighted by molar-refractivity contribution is -0.149. The highest BCUT2D eigenvalue weighted by molar-refractivity contribution is 7.15. The van der Waals surface area contributed by atoms with Gasteiger partial charge in [0.25, 0.3) is 0 Å². The molecule has 2 aromatic rings. The summed E-state index contributed by atoms with van der Waals surface area (Å²) in [6.45, 7) is 6.90. The van der Waals surface area contributed by atoms with Gasteiger partial charge in [0.2, 0.25) is 5.91 Å². The maximum absolute atomic E-state index is 12.1. The lowest BCUT2D eigenvalue weighted by atomic mass is 9.89. The van der Waals surface area contributed by atoms with Crippen LogP contribution in [0.4, 0.5) is 0 Å². The fraction of sp³-hybridized carbons (Fsp3) is 0.389. The highest BCUT2D eigenvalue weighted by Gasteiger charge is 2.31. The Morgan fingerprint density at radius 1 is 1.29 bits per heavy atom. The van der Waals surface area contributed by atoms with Crippen molar-refractivity contribution >= 4 is 23.2 Å². The van der Waals surface area contributed by atoms with Crippen LogP contribution in [0.5, 0.6) is 0 Å². The number of aromatic nitrogens is 1. The molecule has 128 valence electrons. The molecule has 2 N–H and O–H groups in total. The van der Waals surface area contributed by atoms with Crippen LogP contribution in [0.3, 0.4) is 0 Å². The number of hydrogen-bond donors (Lipinski definition) is 2. The Morgan fingerprint density at radius 2 is 1.92 bits per heavy atom. The van der Waals surface area contributed by atoms with Gasteiger partial charge in [-0.1, -0.05) is 30.3 Å². The summed E-state index contributed by atoms with van der Waals surface area (Å²) < 4.78 is 0. The summed E-state index contributed by atoms with van der Waals surface area (Å²) >= 11 is 1.54. The average molecular weight is 346 g/mol. The number of benzene rings is 1. The van der Waals surface area contributed by atoms with Crippen molar-refractivity contribution < 1.29 is 14.7 Å². The number of aryl methyl sites for hydroxylation is 1. The lowest BCUT2D eigenvalue weighted by Gasteiger charge is -2.20. The average Bonchev–Trinajstić information content (AvgIpc) is 2.89. The number of carboxylic acid groups (broad SMARTS) is 1. The van der Waals surface area contributed by atoms with Crippen LogP contribution in [0.25, 0.3) is 10.6 Å². The van der Waals surface area contributed by atoms with Crippen molar-refractivity contribution in [2.45, 2.75) is 40.2 Å². The molecule has 2 rings (SSSR count). The molecule has 1 amide bonds. The third-order valence-electron chi connectivity index (χ3n) is 3.81. The molecule has 0 radical (unpaired) electrons. The summed E-state index contributed by atoms with van der Waals surface area (Å²) in [5.74, 6) is -1.26. The number of nitrogens with zero attached hydrogens (tertiary/aromatic N) is 1. The lowest BCUT2D eigenvalue weighted by Crippen LogP contribution is -2.34. The monoisotopic (exact) mass is 346 g/mol. The maximum Gasteiger partial charge on any atom is 0.309 e. The third kappa shape index (κ3) is 4.20. The first-order valence-electron chi connectivity index (χ1n) is 7.76. The molecule has 0 fully saturated rings. The Balaban J connectivity index is 2.10. The molecule has 1 unspecified atom stereocenters. The summed E-state index contributed by atoms with van der Waals surface area (Å²) in [7, 11) is 0. The molecule has 6 heteroatoms. The Hall–Kier alpha value is -2.21. The van der Waals surface area contributed by atoms with Gasteiger partial charge in [-0.3, -0.25) is 9.59 Å². The first-order chi connectivity index (χ1) is 11.2. The topological polar surface area (TPSA) is 79.3 Å². The SMILES string of the molecule is Cc1nc(-c2ccccc2)sc1C(C)NC(=O)CC(C)(C)C(=O)O. The van der Waals surface area contributed by atoms with E-state index in [2.05, 4.69) is 10.3 Å². The molecule has 5 nitrogen and oxygen atoms in total. The predicted molar refractivity (Wildman–Crippen MR) is 94.9 cm³/mol. The summed E-state index contributed by atoms with van der Waals surface area (Å²) in [4.78, 5) is 28.9. The first-order valence-corrected chi connectivity index (χ1v) is 8.58. The highest BCUT2D eigenvalue weighted by Crippen LogP contribution is 2.32. The van der Waals surface area contributed by atoms with Crippen LogP contribution in [-0.4, -0.2) is 22.0 Å². The fourth-order valence-corrected chi connectivity index (χ4v) is 3.42. The summed E-state index contributed by atoms with van der Waals surface area (Å²) in [6.07, 6.45) is -0.0595. The molecule has 0 aliphatic carbocycles. The second kappa shape index (κ2) is 7.13. The zero-order valence-electron chi connectivity index (χ0n) is 14.3. The quantitative estimate of drug-likeness (QED) is 0.834. The minimum atomic E-state index is -1.08. The van der Waals surface area contributed by atoms with Crippen LogP contribution >= 0.6 is 11.3 Å². The van der Waals surface area contributed by atoms with E-state index >= 15 is 0 Å². The second-order valence-electron chi connectivity index (χ2n) is 6.49. The molecule has 0 aliphatic heterocycles. The number of carbonyl (C=O) groups excluding carboxylic acids is 1. The van der Waals surface area contributed by atoms with E-state index in [0.29, 0.717) is 0 Å². The van der Waals surface area contributed by atoms with Crippen LogP contribution in [0.2, 0.25) is 0 Å². The minimum absolute atomic E-state index is 0.0595. The van der Waals surface area contributed by atoms with E-state index in [1.807, 2.05) is 44.2 Å². The zero-order chi connectivity index (χ0) is 17.9. The number of rotatable bonds is 6. The molecule has 1 aromatic heterocycles. The van der Waals surface area contributed by atoms with Crippen LogP contribution in [0.1, 0.15) is 43.8 Å². The van der Waals surface area contributed by atoms with Crippen molar-refractivity contribution in [2.24, 2.45) is 5.41 Å². The van der Waals surface area contributed by atoms with Crippen molar-refractivity contribution in [3.63, 3.8) is 0 Å². The van der Waals surface area contributed by atoms with E-state index in [-0.39, 0.29) is 18.4 Å². The second-order valence-corrected chi connectivity index (χ2v) is 7.52. The van der Waals surface area contributed by atoms with Gasteiger partial charge in [-0.2, -0.15) is 0 Å². The van der Waals surface area contributed by atoms with Gasteiger partial charge in [-0.05, 0) is 27.7 Å². The fourth-order valence-electron chi connectivity index (χ4n) is 2.35. The van der Waals surface area contributed by atoms with Gasteiger partial charge in [-0.15, -0.1) is 11.3 Å². The first kappa shape index (κ1) is 18.1. The van der Waals surface area contributed by atoms with Gasteiger partial charge in [0.05, 0.1) is 22.0 Å². The molecule has 0 bridgehead atoms. The summed E-state index contributed by atoms with van der Waals surface area (Å²) in [5.41, 5.74) is 0.841. The number of hydrogen-bond acceptors (Lipinski definition) is 4. The number of aliphatic carboxylic acids is 1. The molecular weight excluding hydrogens is 324 g/mol. The molecule has 1 aromatic carbocycles. The van der Waals surface area contributed by atoms with Gasteiger partial charge in [0, 0.05) is 12.0 Å². The van der Waals surface area contributed by atoms with Crippen LogP contribution < -0.4 is 5.32 Å². The van der Waals surface area contributed by atoms with Crippen molar-refractivity contribution in [3.8, 4) is 10.6 Å². The van der Waals surface area contributed by atoms with Gasteiger partial charge in [-0.25, -0.2) is 4.98 Å². The van der Waals surface area contributed by atoms with E-state index in [9.17, 15) is 9.59 Å². The van der Waals surface area contributed by atoms with Crippen molar-refractivity contribution in [2.75, 3.05) is 0 Å². The Labute approximate surface area is 145 Å². The van der Waals surface area contributed by atoms with Crippen LogP contribution in [-0.2, 0) is 9.59 Å². The van der Waals surface area contributed by atoms with Crippen molar-refractivity contribution in [1.82, 2.24) is 10.3 Å². The van der Waals surface area contributed by atoms with Gasteiger partial charge >= 0.3 is 5.97 Å². The number of carbonyl (C=O) groups is 2. The smallest absolute Gasteiger partial charge is 0.309 e. The normalized spacial score (nSPS) is 12.7.